The predicted octanol–water partition coefficient (Wildman–Crippen LogP) is 3.84. The number of hydrogen-bond donors (Lipinski definition) is 1. The summed E-state index contributed by atoms with van der Waals surface area (Å²) in [6.45, 7) is 0. The fourth-order valence-electron chi connectivity index (χ4n) is 3.00. The summed E-state index contributed by atoms with van der Waals surface area (Å²) < 4.78 is 13.0. The second-order valence-corrected chi connectivity index (χ2v) is 7.04. The van der Waals surface area contributed by atoms with Crippen LogP contribution in [0.25, 0.3) is 0 Å². The van der Waals surface area contributed by atoms with Gasteiger partial charge < -0.3 is 0 Å². The van der Waals surface area contributed by atoms with E-state index in [2.05, 4.69) is 15.3 Å². The highest BCUT2D eigenvalue weighted by Crippen LogP contribution is 2.34. The maximum atomic E-state index is 13.0. The Balaban J connectivity index is 1.56. The number of carbonyl (C=O) groups excluding carboxylic acids is 2. The third-order valence-corrected chi connectivity index (χ3v) is 5.35. The maximum absolute atomic E-state index is 13.0. The van der Waals surface area contributed by atoms with Crippen molar-refractivity contribution in [1.82, 2.24) is 9.97 Å². The molecule has 1 atom stereocenters. The molecule has 7 heteroatoms. The molecule has 1 aromatic carbocycles. The average Bonchev–Trinajstić information content (AvgIpc) is 3.16. The van der Waals surface area contributed by atoms with Crippen LogP contribution in [0.1, 0.15) is 43.6 Å². The summed E-state index contributed by atoms with van der Waals surface area (Å²) in [5, 5.41) is 4.59. The lowest BCUT2D eigenvalue weighted by molar-refractivity contribution is 0.0963. The highest BCUT2D eigenvalue weighted by Gasteiger charge is 2.28. The Hall–Kier alpha value is -2.93. The molecule has 1 aliphatic carbocycles. The van der Waals surface area contributed by atoms with E-state index in [0.717, 1.165) is 4.88 Å². The summed E-state index contributed by atoms with van der Waals surface area (Å²) in [4.78, 5) is 34.2. The van der Waals surface area contributed by atoms with Gasteiger partial charge in [-0.3, -0.25) is 14.9 Å². The number of anilines is 1. The fraction of sp³-hybridized carbons (Fsp3) is 0.158. The van der Waals surface area contributed by atoms with Gasteiger partial charge in [0.2, 0.25) is 5.95 Å². The second-order valence-electron chi connectivity index (χ2n) is 6.06. The smallest absolute Gasteiger partial charge is 0.258 e. The van der Waals surface area contributed by atoms with E-state index in [1.165, 1.54) is 30.5 Å². The molecule has 3 aromatic rings. The Morgan fingerprint density at radius 2 is 2.00 bits per heavy atom. The molecule has 0 saturated heterocycles. The Labute approximate surface area is 152 Å². The van der Waals surface area contributed by atoms with Crippen LogP contribution in [-0.2, 0) is 6.42 Å². The third kappa shape index (κ3) is 3.25. The molecule has 4 rings (SSSR count). The van der Waals surface area contributed by atoms with Crippen molar-refractivity contribution >= 4 is 29.0 Å². The van der Waals surface area contributed by atoms with Gasteiger partial charge in [0.25, 0.3) is 5.91 Å². The molecule has 1 aliphatic rings. The fourth-order valence-corrected chi connectivity index (χ4v) is 3.84. The summed E-state index contributed by atoms with van der Waals surface area (Å²) in [6, 6.07) is 9.19. The normalized spacial score (nSPS) is 16.2. The monoisotopic (exact) mass is 367 g/mol. The van der Waals surface area contributed by atoms with E-state index in [9.17, 15) is 14.0 Å². The molecule has 0 fully saturated rings. The third-order valence-electron chi connectivity index (χ3n) is 4.32. The van der Waals surface area contributed by atoms with Crippen molar-refractivity contribution in [2.75, 3.05) is 5.32 Å². The number of thiophene rings is 1. The molecule has 1 N–H and O–H groups in total. The van der Waals surface area contributed by atoms with E-state index >= 15 is 0 Å². The molecule has 2 heterocycles. The Kier molecular flexibility index (Phi) is 4.30. The minimum Gasteiger partial charge on any atom is -0.294 e. The zero-order chi connectivity index (χ0) is 18.1. The largest absolute Gasteiger partial charge is 0.294 e. The zero-order valence-electron chi connectivity index (χ0n) is 13.6. The van der Waals surface area contributed by atoms with E-state index < -0.39 is 11.7 Å². The van der Waals surface area contributed by atoms with Crippen molar-refractivity contribution in [3.8, 4) is 0 Å². The van der Waals surface area contributed by atoms with Gasteiger partial charge in [0.1, 0.15) is 5.82 Å². The van der Waals surface area contributed by atoms with E-state index in [-0.39, 0.29) is 17.6 Å². The number of Topliss-reactive ketones (excluding diaryl/α,β-unsaturated/α-hetero) is 1. The molecule has 5 nitrogen and oxygen atoms in total. The molecular formula is C19H14FN3O2S. The van der Waals surface area contributed by atoms with E-state index in [4.69, 9.17) is 0 Å². The number of ketones is 1. The van der Waals surface area contributed by atoms with Crippen LogP contribution in [0.2, 0.25) is 0 Å². The zero-order valence-corrected chi connectivity index (χ0v) is 14.4. The maximum Gasteiger partial charge on any atom is 0.258 e. The second kappa shape index (κ2) is 6.76. The minimum absolute atomic E-state index is 0.0149. The SMILES string of the molecule is O=C(Nc1ncc2c(n1)C[C@H](c1cccs1)CC2=O)c1ccc(F)cc1. The summed E-state index contributed by atoms with van der Waals surface area (Å²) >= 11 is 1.62. The number of hydrogen-bond acceptors (Lipinski definition) is 5. The molecule has 0 radical (unpaired) electrons. The van der Waals surface area contributed by atoms with Gasteiger partial charge in [-0.2, -0.15) is 0 Å². The Morgan fingerprint density at radius 3 is 2.73 bits per heavy atom. The quantitative estimate of drug-likeness (QED) is 0.763. The van der Waals surface area contributed by atoms with Gasteiger partial charge in [0.05, 0.1) is 11.3 Å². The van der Waals surface area contributed by atoms with Gasteiger partial charge in [-0.25, -0.2) is 14.4 Å². The first kappa shape index (κ1) is 16.5. The van der Waals surface area contributed by atoms with Crippen molar-refractivity contribution < 1.29 is 14.0 Å². The molecule has 0 saturated carbocycles. The van der Waals surface area contributed by atoms with Crippen LogP contribution in [0.15, 0.2) is 48.0 Å². The molecule has 0 unspecified atom stereocenters. The molecule has 0 spiro atoms. The van der Waals surface area contributed by atoms with Crippen LogP contribution in [0, 0.1) is 5.82 Å². The summed E-state index contributed by atoms with van der Waals surface area (Å²) in [5.74, 6) is -0.587. The number of aromatic nitrogens is 2. The van der Waals surface area contributed by atoms with Crippen LogP contribution < -0.4 is 5.32 Å². The molecule has 1 amide bonds. The lowest BCUT2D eigenvalue weighted by Crippen LogP contribution is -2.22. The Morgan fingerprint density at radius 1 is 1.19 bits per heavy atom. The molecule has 0 aliphatic heterocycles. The van der Waals surface area contributed by atoms with Crippen molar-refractivity contribution in [1.29, 1.82) is 0 Å². The van der Waals surface area contributed by atoms with Crippen molar-refractivity contribution in [2.24, 2.45) is 0 Å². The number of nitrogens with zero attached hydrogens (tertiary/aromatic N) is 2. The molecular weight excluding hydrogens is 353 g/mol. The van der Waals surface area contributed by atoms with Gasteiger partial charge in [-0.15, -0.1) is 11.3 Å². The number of rotatable bonds is 3. The Bertz CT molecular complexity index is 971. The summed E-state index contributed by atoms with van der Waals surface area (Å²) in [5.41, 5.74) is 1.46. The lowest BCUT2D eigenvalue weighted by Gasteiger charge is -2.22. The van der Waals surface area contributed by atoms with Crippen LogP contribution in [0.4, 0.5) is 10.3 Å². The van der Waals surface area contributed by atoms with Crippen LogP contribution in [0.3, 0.4) is 0 Å². The van der Waals surface area contributed by atoms with Crippen LogP contribution in [0.5, 0.6) is 0 Å². The van der Waals surface area contributed by atoms with E-state index in [0.29, 0.717) is 29.7 Å². The first-order chi connectivity index (χ1) is 12.6. The lowest BCUT2D eigenvalue weighted by atomic mass is 9.86. The average molecular weight is 367 g/mol. The standard InChI is InChI=1S/C19H14FN3O2S/c20-13-5-3-11(4-6-13)18(25)23-19-21-10-14-15(22-19)8-12(9-16(14)24)17-2-1-7-26-17/h1-7,10,12H,8-9H2,(H,21,22,23,25)/t12-/m0/s1. The molecule has 2 aromatic heterocycles. The van der Waals surface area contributed by atoms with Gasteiger partial charge in [-0.1, -0.05) is 6.07 Å². The van der Waals surface area contributed by atoms with Crippen molar-refractivity contribution in [3.63, 3.8) is 0 Å². The van der Waals surface area contributed by atoms with E-state index in [1.807, 2.05) is 17.5 Å². The van der Waals surface area contributed by atoms with Gasteiger partial charge in [0, 0.05) is 29.0 Å². The number of benzene rings is 1. The topological polar surface area (TPSA) is 72.0 Å². The molecule has 130 valence electrons. The van der Waals surface area contributed by atoms with Crippen molar-refractivity contribution in [3.05, 3.63) is 75.5 Å². The van der Waals surface area contributed by atoms with Crippen LogP contribution in [-0.4, -0.2) is 21.7 Å². The number of nitrogens with one attached hydrogen (secondary N) is 1. The number of amides is 1. The molecule has 26 heavy (non-hydrogen) atoms. The number of halogens is 1. The first-order valence-corrected chi connectivity index (χ1v) is 8.97. The van der Waals surface area contributed by atoms with Crippen molar-refractivity contribution in [2.45, 2.75) is 18.8 Å². The summed E-state index contributed by atoms with van der Waals surface area (Å²) in [7, 11) is 0. The molecule has 0 bridgehead atoms. The first-order valence-electron chi connectivity index (χ1n) is 8.09. The van der Waals surface area contributed by atoms with Gasteiger partial charge >= 0.3 is 0 Å². The summed E-state index contributed by atoms with van der Waals surface area (Å²) in [6.07, 6.45) is 2.54. The number of carbonyl (C=O) groups is 2. The van der Waals surface area contributed by atoms with Crippen LogP contribution >= 0.6 is 11.3 Å². The van der Waals surface area contributed by atoms with Gasteiger partial charge in [-0.05, 0) is 42.1 Å². The van der Waals surface area contributed by atoms with E-state index in [1.54, 1.807) is 11.3 Å². The van der Waals surface area contributed by atoms with Gasteiger partial charge in [0.15, 0.2) is 5.78 Å². The highest BCUT2D eigenvalue weighted by atomic mass is 32.1. The highest BCUT2D eigenvalue weighted by molar-refractivity contribution is 7.10. The predicted molar refractivity (Wildman–Crippen MR) is 96.1 cm³/mol. The minimum atomic E-state index is -0.429. The number of fused-ring (bicyclic) bond motifs is 1.